The van der Waals surface area contributed by atoms with Gasteiger partial charge in [-0.15, -0.1) is 0 Å². The lowest BCUT2D eigenvalue weighted by Gasteiger charge is -2.09. The van der Waals surface area contributed by atoms with E-state index in [2.05, 4.69) is 28.6 Å². The van der Waals surface area contributed by atoms with E-state index in [4.69, 9.17) is 17.0 Å². The van der Waals surface area contributed by atoms with Crippen molar-refractivity contribution in [2.75, 3.05) is 6.61 Å². The summed E-state index contributed by atoms with van der Waals surface area (Å²) in [6, 6.07) is 6.20. The second-order valence-corrected chi connectivity index (χ2v) is 4.86. The zero-order chi connectivity index (χ0) is 12.4. The number of aromatic amines is 1. The van der Waals surface area contributed by atoms with Gasteiger partial charge in [-0.25, -0.2) is 0 Å². The Labute approximate surface area is 106 Å². The van der Waals surface area contributed by atoms with E-state index in [9.17, 15) is 0 Å². The van der Waals surface area contributed by atoms with Crippen molar-refractivity contribution in [1.82, 2.24) is 9.55 Å². The maximum Gasteiger partial charge on any atom is 0.178 e. The largest absolute Gasteiger partial charge is 0.377 e. The van der Waals surface area contributed by atoms with Gasteiger partial charge < -0.3 is 14.3 Å². The summed E-state index contributed by atoms with van der Waals surface area (Å²) in [5.74, 6) is 0. The van der Waals surface area contributed by atoms with Crippen molar-refractivity contribution in [3.63, 3.8) is 0 Å². The first-order valence-corrected chi connectivity index (χ1v) is 6.30. The van der Waals surface area contributed by atoms with Gasteiger partial charge in [0.15, 0.2) is 4.77 Å². The number of ether oxygens (including phenoxy) is 1. The molecule has 1 N–H and O–H groups in total. The van der Waals surface area contributed by atoms with E-state index in [1.54, 1.807) is 0 Å². The normalized spacial score (nSPS) is 11.5. The fourth-order valence-corrected chi connectivity index (χ4v) is 2.29. The number of hydrogen-bond donors (Lipinski definition) is 1. The van der Waals surface area contributed by atoms with Crippen LogP contribution >= 0.6 is 12.2 Å². The van der Waals surface area contributed by atoms with Gasteiger partial charge in [0.05, 0.1) is 23.7 Å². The maximum atomic E-state index is 5.58. The van der Waals surface area contributed by atoms with E-state index in [1.165, 1.54) is 11.1 Å². The second-order valence-electron chi connectivity index (χ2n) is 4.47. The fraction of sp³-hybridized carbons (Fsp3) is 0.462. The molecule has 0 aliphatic carbocycles. The number of nitrogens with one attached hydrogen (secondary N) is 1. The van der Waals surface area contributed by atoms with Gasteiger partial charge in [-0.05, 0) is 44.6 Å². The molecule has 17 heavy (non-hydrogen) atoms. The molecule has 0 saturated carbocycles. The molecule has 0 aliphatic rings. The molecule has 3 nitrogen and oxygen atoms in total. The Morgan fingerprint density at radius 1 is 1.41 bits per heavy atom. The summed E-state index contributed by atoms with van der Waals surface area (Å²) in [6.45, 7) is 7.67. The fourth-order valence-electron chi connectivity index (χ4n) is 2.00. The van der Waals surface area contributed by atoms with Crippen molar-refractivity contribution < 1.29 is 4.74 Å². The molecule has 0 aliphatic heterocycles. The molecule has 2 rings (SSSR count). The number of para-hydroxylation sites is 1. The van der Waals surface area contributed by atoms with Crippen molar-refractivity contribution in [2.24, 2.45) is 0 Å². The van der Waals surface area contributed by atoms with Gasteiger partial charge in [-0.1, -0.05) is 12.1 Å². The Morgan fingerprint density at radius 3 is 2.88 bits per heavy atom. The van der Waals surface area contributed by atoms with Crippen LogP contribution in [0.1, 0.15) is 19.4 Å². The molecule has 0 saturated heterocycles. The molecular formula is C13H18N2OS. The van der Waals surface area contributed by atoms with E-state index in [1.807, 2.05) is 19.9 Å². The molecule has 0 amide bonds. The molecule has 4 heteroatoms. The van der Waals surface area contributed by atoms with E-state index in [0.29, 0.717) is 6.61 Å². The minimum Gasteiger partial charge on any atom is -0.377 e. The Hall–Kier alpha value is -1.13. The van der Waals surface area contributed by atoms with Crippen LogP contribution in [0.5, 0.6) is 0 Å². The number of nitrogens with zero attached hydrogens (tertiary/aromatic N) is 1. The number of H-pyrrole nitrogens is 1. The highest BCUT2D eigenvalue weighted by atomic mass is 32.1. The molecule has 0 unspecified atom stereocenters. The summed E-state index contributed by atoms with van der Waals surface area (Å²) in [6.07, 6.45) is 0.260. The summed E-state index contributed by atoms with van der Waals surface area (Å²) in [5, 5.41) is 0. The van der Waals surface area contributed by atoms with Crippen LogP contribution in [0.15, 0.2) is 18.2 Å². The van der Waals surface area contributed by atoms with Crippen molar-refractivity contribution in [1.29, 1.82) is 0 Å². The lowest BCUT2D eigenvalue weighted by atomic mass is 10.2. The van der Waals surface area contributed by atoms with Gasteiger partial charge in [0, 0.05) is 6.54 Å². The van der Waals surface area contributed by atoms with Gasteiger partial charge in [0.25, 0.3) is 0 Å². The topological polar surface area (TPSA) is 29.9 Å². The van der Waals surface area contributed by atoms with Crippen LogP contribution in [-0.4, -0.2) is 22.3 Å². The third-order valence-corrected chi connectivity index (χ3v) is 3.08. The molecule has 0 atom stereocenters. The first-order chi connectivity index (χ1) is 8.09. The lowest BCUT2D eigenvalue weighted by molar-refractivity contribution is 0.0731. The predicted molar refractivity (Wildman–Crippen MR) is 72.9 cm³/mol. The van der Waals surface area contributed by atoms with Crippen LogP contribution in [0.3, 0.4) is 0 Å². The summed E-state index contributed by atoms with van der Waals surface area (Å²) in [4.78, 5) is 3.23. The molecule has 1 aromatic heterocycles. The highest BCUT2D eigenvalue weighted by molar-refractivity contribution is 7.71. The summed E-state index contributed by atoms with van der Waals surface area (Å²) in [7, 11) is 0. The quantitative estimate of drug-likeness (QED) is 0.842. The molecule has 0 bridgehead atoms. The number of fused-ring (bicyclic) bond motifs is 1. The monoisotopic (exact) mass is 250 g/mol. The highest BCUT2D eigenvalue weighted by Gasteiger charge is 2.06. The second kappa shape index (κ2) is 5.02. The molecule has 0 spiro atoms. The standard InChI is InChI=1S/C13H18N2OS/c1-9(2)16-8-7-15-12-10(3)5-4-6-11(12)14-13(15)17/h4-6,9H,7-8H2,1-3H3,(H,14,17). The average Bonchev–Trinajstić information content (AvgIpc) is 2.56. The van der Waals surface area contributed by atoms with Gasteiger partial charge >= 0.3 is 0 Å². The van der Waals surface area contributed by atoms with Crippen LogP contribution in [0.4, 0.5) is 0 Å². The molecule has 1 heterocycles. The van der Waals surface area contributed by atoms with Crippen LogP contribution < -0.4 is 0 Å². The third kappa shape index (κ3) is 2.58. The Morgan fingerprint density at radius 2 is 2.18 bits per heavy atom. The highest BCUT2D eigenvalue weighted by Crippen LogP contribution is 2.18. The average molecular weight is 250 g/mol. The molecule has 0 fully saturated rings. The van der Waals surface area contributed by atoms with Crippen LogP contribution in [0.2, 0.25) is 0 Å². The number of aromatic nitrogens is 2. The van der Waals surface area contributed by atoms with E-state index < -0.39 is 0 Å². The van der Waals surface area contributed by atoms with E-state index in [-0.39, 0.29) is 6.10 Å². The van der Waals surface area contributed by atoms with Crippen LogP contribution in [0.25, 0.3) is 11.0 Å². The van der Waals surface area contributed by atoms with E-state index >= 15 is 0 Å². The first-order valence-electron chi connectivity index (χ1n) is 5.89. The van der Waals surface area contributed by atoms with Crippen LogP contribution in [-0.2, 0) is 11.3 Å². The third-order valence-electron chi connectivity index (χ3n) is 2.76. The predicted octanol–water partition coefficient (Wildman–Crippen LogP) is 3.43. The number of hydrogen-bond acceptors (Lipinski definition) is 2. The molecular weight excluding hydrogens is 232 g/mol. The molecule has 1 aromatic carbocycles. The molecule has 0 radical (unpaired) electrons. The minimum absolute atomic E-state index is 0.260. The van der Waals surface area contributed by atoms with Crippen molar-refractivity contribution in [3.05, 3.63) is 28.5 Å². The van der Waals surface area contributed by atoms with Gasteiger partial charge in [0.2, 0.25) is 0 Å². The Balaban J connectivity index is 2.33. The van der Waals surface area contributed by atoms with E-state index in [0.717, 1.165) is 16.8 Å². The smallest absolute Gasteiger partial charge is 0.178 e. The number of imidazole rings is 1. The number of aryl methyl sites for hydroxylation is 1. The van der Waals surface area contributed by atoms with Gasteiger partial charge in [-0.2, -0.15) is 0 Å². The maximum absolute atomic E-state index is 5.58. The summed E-state index contributed by atoms with van der Waals surface area (Å²) < 4.78 is 8.46. The Bertz CT molecular complexity index is 568. The van der Waals surface area contributed by atoms with Crippen molar-refractivity contribution in [2.45, 2.75) is 33.4 Å². The summed E-state index contributed by atoms with van der Waals surface area (Å²) >= 11 is 5.34. The zero-order valence-corrected chi connectivity index (χ0v) is 11.3. The molecule has 2 aromatic rings. The number of benzene rings is 1. The summed E-state index contributed by atoms with van der Waals surface area (Å²) in [5.41, 5.74) is 3.52. The van der Waals surface area contributed by atoms with Gasteiger partial charge in [0.1, 0.15) is 0 Å². The number of rotatable bonds is 4. The lowest BCUT2D eigenvalue weighted by Crippen LogP contribution is -2.10. The SMILES string of the molecule is Cc1cccc2[nH]c(=S)n(CCOC(C)C)c12. The van der Waals surface area contributed by atoms with Crippen molar-refractivity contribution >= 4 is 23.3 Å². The van der Waals surface area contributed by atoms with Crippen LogP contribution in [0, 0.1) is 11.7 Å². The minimum atomic E-state index is 0.260. The first kappa shape index (κ1) is 12.3. The zero-order valence-electron chi connectivity index (χ0n) is 10.5. The van der Waals surface area contributed by atoms with Crippen molar-refractivity contribution in [3.8, 4) is 0 Å². The molecule has 92 valence electrons. The Kier molecular flexibility index (Phi) is 3.64. The van der Waals surface area contributed by atoms with Gasteiger partial charge in [-0.3, -0.25) is 0 Å².